The summed E-state index contributed by atoms with van der Waals surface area (Å²) in [6.45, 7) is 0. The Balaban J connectivity index is -0.0000000376. The molecule has 0 aliphatic carbocycles. The summed E-state index contributed by atoms with van der Waals surface area (Å²) >= 11 is 13.7. The van der Waals surface area contributed by atoms with E-state index in [1.165, 1.54) is 0 Å². The average Bonchev–Trinajstić information content (AvgIpc) is 2.40. The van der Waals surface area contributed by atoms with Crippen LogP contribution in [0.1, 0.15) is 0 Å². The molecule has 0 amide bonds. The summed E-state index contributed by atoms with van der Waals surface area (Å²) in [4.78, 5) is 37.2. The van der Waals surface area contributed by atoms with Crippen molar-refractivity contribution < 1.29 is 39.6 Å². The van der Waals surface area contributed by atoms with Crippen LogP contribution in [0.5, 0.6) is 0 Å². The van der Waals surface area contributed by atoms with E-state index in [0.29, 0.717) is 0 Å². The van der Waals surface area contributed by atoms with Gasteiger partial charge in [0.15, 0.2) is 0 Å². The normalized spacial score (nSPS) is 6.73. The van der Waals surface area contributed by atoms with Crippen LogP contribution in [0.4, 0.5) is 0 Å². The summed E-state index contributed by atoms with van der Waals surface area (Å²) in [5, 5.41) is 30.6. The largest absolute Gasteiger partial charge is 0.481 e. The van der Waals surface area contributed by atoms with Gasteiger partial charge in [-0.15, -0.1) is 0 Å². The van der Waals surface area contributed by atoms with Gasteiger partial charge >= 0.3 is 23.9 Å². The Bertz CT molecular complexity index is 232. The van der Waals surface area contributed by atoms with Gasteiger partial charge in [-0.05, 0) is 0 Å². The predicted octanol–water partition coefficient (Wildman–Crippen LogP) is 0.229. The Labute approximate surface area is 163 Å². The van der Waals surface area contributed by atoms with Crippen molar-refractivity contribution in [2.75, 3.05) is 23.0 Å². The number of hydrogen-bond acceptors (Lipinski definition) is 8. The molecule has 0 aromatic heterocycles. The van der Waals surface area contributed by atoms with Gasteiger partial charge in [-0.1, -0.05) is 0 Å². The first kappa shape index (κ1) is 37.9. The van der Waals surface area contributed by atoms with E-state index in [1.54, 1.807) is 0 Å². The lowest BCUT2D eigenvalue weighted by Gasteiger charge is -1.71. The van der Waals surface area contributed by atoms with Crippen LogP contribution in [-0.4, -0.2) is 67.3 Å². The number of hydrogen-bond donors (Lipinski definition) is 8. The van der Waals surface area contributed by atoms with Crippen LogP contribution in [0, 0.1) is 0 Å². The van der Waals surface area contributed by atoms with E-state index in [4.69, 9.17) is 20.4 Å². The minimum atomic E-state index is -0.881. The first-order chi connectivity index (χ1) is 9.08. The fraction of sp³-hybridized carbons (Fsp3) is 0.500. The fourth-order valence-corrected chi connectivity index (χ4v) is 0. The summed E-state index contributed by atoms with van der Waals surface area (Å²) < 4.78 is 0. The first-order valence-electron chi connectivity index (χ1n) is 4.39. The number of rotatable bonds is 4. The van der Waals surface area contributed by atoms with E-state index >= 15 is 0 Å². The van der Waals surface area contributed by atoms with Crippen LogP contribution < -0.4 is 0 Å². The zero-order valence-electron chi connectivity index (χ0n) is 11.0. The van der Waals surface area contributed by atoms with Crippen LogP contribution in [0.2, 0.25) is 0 Å². The number of aliphatic carboxylic acids is 4. The van der Waals surface area contributed by atoms with Crippen molar-refractivity contribution in [3.05, 3.63) is 0 Å². The van der Waals surface area contributed by atoms with Gasteiger partial charge in [0.1, 0.15) is 0 Å². The van der Waals surface area contributed by atoms with Crippen LogP contribution in [-0.2, 0) is 19.2 Å². The molecule has 0 saturated heterocycles. The number of carbonyl (C=O) groups is 4. The SMILES string of the molecule is O=C(O)CS.O=C(O)CS.O=C(O)CS.O=C(O)CS.S.S. The van der Waals surface area contributed by atoms with E-state index in [-0.39, 0.29) is 50.0 Å². The van der Waals surface area contributed by atoms with Gasteiger partial charge in [-0.2, -0.15) is 77.5 Å². The second-order valence-electron chi connectivity index (χ2n) is 2.21. The standard InChI is InChI=1S/4C2H4O2S.2H2S/c4*3-2(4)1-5;;/h4*5H,1H2,(H,3,4);2*1H2. The van der Waals surface area contributed by atoms with Crippen molar-refractivity contribution in [1.82, 2.24) is 0 Å². The van der Waals surface area contributed by atoms with Crippen molar-refractivity contribution in [3.63, 3.8) is 0 Å². The van der Waals surface area contributed by atoms with Gasteiger partial charge in [0.2, 0.25) is 0 Å². The smallest absolute Gasteiger partial charge is 0.313 e. The van der Waals surface area contributed by atoms with E-state index in [0.717, 1.165) is 0 Å². The molecule has 14 heteroatoms. The third kappa shape index (κ3) is 113. The maximum absolute atomic E-state index is 9.29. The van der Waals surface area contributed by atoms with E-state index < -0.39 is 23.9 Å². The van der Waals surface area contributed by atoms with Crippen molar-refractivity contribution in [3.8, 4) is 0 Å². The lowest BCUT2D eigenvalue weighted by atomic mass is 10.8. The molecule has 4 N–H and O–H groups in total. The summed E-state index contributed by atoms with van der Waals surface area (Å²) in [5.41, 5.74) is 0. The molecule has 0 bridgehead atoms. The molecule has 0 radical (unpaired) electrons. The molecule has 8 nitrogen and oxygen atoms in total. The predicted molar refractivity (Wildman–Crippen MR) is 107 cm³/mol. The van der Waals surface area contributed by atoms with E-state index in [2.05, 4.69) is 50.5 Å². The molecule has 0 spiro atoms. The molecule has 0 rings (SSSR count). The van der Waals surface area contributed by atoms with Crippen molar-refractivity contribution in [1.29, 1.82) is 0 Å². The molecular weight excluding hydrogens is 416 g/mol. The Kier molecular flexibility index (Phi) is 56.5. The molecular formula is C8H20O8S6. The summed E-state index contributed by atoms with van der Waals surface area (Å²) in [6.07, 6.45) is 0. The second kappa shape index (κ2) is 32.8. The monoisotopic (exact) mass is 436 g/mol. The summed E-state index contributed by atoms with van der Waals surface area (Å²) in [5.74, 6) is -3.86. The first-order valence-corrected chi connectivity index (χ1v) is 6.92. The molecule has 0 aliphatic heterocycles. The molecule has 0 fully saturated rings. The number of carboxylic acid groups (broad SMARTS) is 4. The van der Waals surface area contributed by atoms with Crippen molar-refractivity contribution >= 4 is 101 Å². The molecule has 136 valence electrons. The summed E-state index contributed by atoms with van der Waals surface area (Å²) in [7, 11) is 0. The topological polar surface area (TPSA) is 149 Å². The minimum absolute atomic E-state index is 0. The molecule has 22 heavy (non-hydrogen) atoms. The second-order valence-corrected chi connectivity index (χ2v) is 3.47. The minimum Gasteiger partial charge on any atom is -0.481 e. The highest BCUT2D eigenvalue weighted by Crippen LogP contribution is 1.67. The zero-order valence-corrected chi connectivity index (χ0v) is 16.6. The maximum atomic E-state index is 9.29. The number of carboxylic acids is 4. The van der Waals surface area contributed by atoms with Crippen molar-refractivity contribution in [2.24, 2.45) is 0 Å². The Hall–Kier alpha value is -0.0200. The Morgan fingerprint density at radius 2 is 0.545 bits per heavy atom. The molecule has 0 aliphatic rings. The van der Waals surface area contributed by atoms with Crippen LogP contribution in [0.25, 0.3) is 0 Å². The Morgan fingerprint density at radius 3 is 0.545 bits per heavy atom. The lowest BCUT2D eigenvalue weighted by Crippen LogP contribution is -1.92. The van der Waals surface area contributed by atoms with Gasteiger partial charge in [0.25, 0.3) is 0 Å². The third-order valence-electron chi connectivity index (χ3n) is 0.541. The third-order valence-corrected chi connectivity index (χ3v) is 1.62. The van der Waals surface area contributed by atoms with Gasteiger partial charge in [-0.25, -0.2) is 0 Å². The fourth-order valence-electron chi connectivity index (χ4n) is 0. The highest BCUT2D eigenvalue weighted by molar-refractivity contribution is 7.81. The lowest BCUT2D eigenvalue weighted by molar-refractivity contribution is -0.134. The van der Waals surface area contributed by atoms with Crippen LogP contribution in [0.3, 0.4) is 0 Å². The van der Waals surface area contributed by atoms with Crippen molar-refractivity contribution in [2.45, 2.75) is 0 Å². The number of thiol groups is 4. The van der Waals surface area contributed by atoms with E-state index in [1.807, 2.05) is 0 Å². The van der Waals surface area contributed by atoms with Gasteiger partial charge < -0.3 is 20.4 Å². The average molecular weight is 437 g/mol. The highest BCUT2D eigenvalue weighted by Gasteiger charge is 1.83. The zero-order chi connectivity index (χ0) is 17.1. The maximum Gasteiger partial charge on any atom is 0.313 e. The molecule has 0 saturated carbocycles. The van der Waals surface area contributed by atoms with Gasteiger partial charge in [0.05, 0.1) is 23.0 Å². The van der Waals surface area contributed by atoms with Crippen LogP contribution in [0.15, 0.2) is 0 Å². The summed E-state index contributed by atoms with van der Waals surface area (Å²) in [6, 6.07) is 0. The Morgan fingerprint density at radius 1 is 0.500 bits per heavy atom. The quantitative estimate of drug-likeness (QED) is 0.292. The van der Waals surface area contributed by atoms with Gasteiger partial charge in [0, 0.05) is 0 Å². The highest BCUT2D eigenvalue weighted by atomic mass is 32.1. The molecule has 0 atom stereocenters. The molecule has 0 unspecified atom stereocenters. The molecule has 0 aromatic carbocycles. The van der Waals surface area contributed by atoms with E-state index in [9.17, 15) is 19.2 Å². The molecule has 0 heterocycles. The van der Waals surface area contributed by atoms with Crippen LogP contribution >= 0.6 is 77.5 Å². The molecule has 0 aromatic rings. The van der Waals surface area contributed by atoms with Gasteiger partial charge in [-0.3, -0.25) is 19.2 Å².